The van der Waals surface area contributed by atoms with Gasteiger partial charge < -0.3 is 24.8 Å². The zero-order valence-corrected chi connectivity index (χ0v) is 28.0. The zero-order valence-electron chi connectivity index (χ0n) is 28.0. The second kappa shape index (κ2) is 15.8. The highest BCUT2D eigenvalue weighted by molar-refractivity contribution is 6.08. The second-order valence-electron chi connectivity index (χ2n) is 13.1. The van der Waals surface area contributed by atoms with E-state index >= 15 is 0 Å². The number of anilines is 1. The number of aliphatic imine (C=N–C) groups is 1. The molecule has 8 nitrogen and oxygen atoms in total. The molecule has 0 saturated heterocycles. The molecule has 1 atom stereocenters. The van der Waals surface area contributed by atoms with E-state index in [4.69, 9.17) is 4.74 Å². The van der Waals surface area contributed by atoms with Crippen molar-refractivity contribution in [1.82, 2.24) is 15.1 Å². The van der Waals surface area contributed by atoms with Crippen LogP contribution in [0, 0.1) is 11.3 Å². The lowest BCUT2D eigenvalue weighted by atomic mass is 10.0. The van der Waals surface area contributed by atoms with Crippen LogP contribution < -0.4 is 15.0 Å². The summed E-state index contributed by atoms with van der Waals surface area (Å²) >= 11 is 0. The van der Waals surface area contributed by atoms with Crippen LogP contribution in [0.15, 0.2) is 52.3 Å². The average Bonchev–Trinajstić information content (AvgIpc) is 3.75. The van der Waals surface area contributed by atoms with Crippen LogP contribution >= 0.6 is 0 Å². The van der Waals surface area contributed by atoms with Crippen molar-refractivity contribution in [3.05, 3.63) is 47.3 Å². The summed E-state index contributed by atoms with van der Waals surface area (Å²) in [5, 5.41) is 3.38. The molecule has 1 unspecified atom stereocenters. The zero-order chi connectivity index (χ0) is 31.6. The minimum absolute atomic E-state index is 0.0658. The number of hydrogen-bond acceptors (Lipinski definition) is 5. The van der Waals surface area contributed by atoms with Gasteiger partial charge in [-0.2, -0.15) is 0 Å². The fourth-order valence-corrected chi connectivity index (χ4v) is 4.36. The number of rotatable bonds is 10. The molecule has 42 heavy (non-hydrogen) atoms. The fourth-order valence-electron chi connectivity index (χ4n) is 4.36. The number of likely N-dealkylation sites (N-methyl/N-ethyl adjacent to an activating group) is 2. The van der Waals surface area contributed by atoms with E-state index in [1.165, 1.54) is 0 Å². The van der Waals surface area contributed by atoms with E-state index in [0.29, 0.717) is 42.9 Å². The Kier molecular flexibility index (Phi) is 13.1. The van der Waals surface area contributed by atoms with Gasteiger partial charge in [0.15, 0.2) is 0 Å². The van der Waals surface area contributed by atoms with Gasteiger partial charge in [0.05, 0.1) is 18.0 Å². The van der Waals surface area contributed by atoms with E-state index in [0.717, 1.165) is 42.2 Å². The summed E-state index contributed by atoms with van der Waals surface area (Å²) in [7, 11) is 3.83. The van der Waals surface area contributed by atoms with E-state index in [1.807, 2.05) is 77.0 Å². The monoisotopic (exact) mass is 581 g/mol. The Morgan fingerprint density at radius 1 is 1.19 bits per heavy atom. The Morgan fingerprint density at radius 3 is 2.40 bits per heavy atom. The Balaban J connectivity index is 0.00000113. The first-order valence-corrected chi connectivity index (χ1v) is 15.4. The number of allylic oxidation sites excluding steroid dienone is 1. The van der Waals surface area contributed by atoms with Gasteiger partial charge in [-0.05, 0) is 70.6 Å². The lowest BCUT2D eigenvalue weighted by Gasteiger charge is -2.25. The molecule has 1 N–H and O–H groups in total. The molecule has 2 aliphatic rings. The molecule has 3 rings (SSSR count). The lowest BCUT2D eigenvalue weighted by molar-refractivity contribution is -0.132. The molecule has 1 aromatic carbocycles. The van der Waals surface area contributed by atoms with Crippen LogP contribution in [-0.2, 0) is 9.59 Å². The minimum atomic E-state index is -0.170. The number of hydrogen-bond donors (Lipinski definition) is 1. The van der Waals surface area contributed by atoms with Gasteiger partial charge in [-0.25, -0.2) is 0 Å². The summed E-state index contributed by atoms with van der Waals surface area (Å²) in [6.07, 6.45) is 4.65. The summed E-state index contributed by atoms with van der Waals surface area (Å²) in [6, 6.07) is 7.65. The lowest BCUT2D eigenvalue weighted by Crippen LogP contribution is -2.36. The molecule has 1 aliphatic heterocycles. The van der Waals surface area contributed by atoms with Gasteiger partial charge in [0.1, 0.15) is 17.7 Å². The second-order valence-corrected chi connectivity index (χ2v) is 13.1. The SMILES string of the molecule is CC(C)(C)C.CCN=C(C)NC1=C(/C=C(/C)CC)C(=O)N(c2cccc(OC(C)CN(C)C(=O)C3CC3)c2)CCN1C. The Hall–Kier alpha value is -3.29. The first-order chi connectivity index (χ1) is 19.6. The molecule has 0 bridgehead atoms. The van der Waals surface area contributed by atoms with Crippen LogP contribution in [0.5, 0.6) is 5.75 Å². The normalized spacial score (nSPS) is 17.4. The van der Waals surface area contributed by atoms with Crippen molar-refractivity contribution < 1.29 is 14.3 Å². The maximum Gasteiger partial charge on any atom is 0.262 e. The van der Waals surface area contributed by atoms with Crippen LogP contribution in [0.25, 0.3) is 0 Å². The first kappa shape index (κ1) is 34.9. The minimum Gasteiger partial charge on any atom is -0.489 e. The quantitative estimate of drug-likeness (QED) is 0.261. The number of benzene rings is 1. The standard InChI is InChI=1S/C29H43N5O3.C5H12/c1-8-20(3)17-26-27(31-22(5)30-9-2)32(6)15-16-34(29(26)36)24-11-10-12-25(18-24)37-21(4)19-33(7)28(35)23-13-14-23;1-5(2,3)4/h10-12,17-18,21,23H,8-9,13-16,19H2,1-7H3,(H,30,31);1-4H3/b20-17-;. The third kappa shape index (κ3) is 11.5. The summed E-state index contributed by atoms with van der Waals surface area (Å²) in [6.45, 7) is 21.1. The summed E-state index contributed by atoms with van der Waals surface area (Å²) in [5.41, 5.74) is 3.02. The smallest absolute Gasteiger partial charge is 0.262 e. The molecule has 1 aliphatic carbocycles. The van der Waals surface area contributed by atoms with Gasteiger partial charge in [0, 0.05) is 51.4 Å². The van der Waals surface area contributed by atoms with Crippen LogP contribution in [0.1, 0.15) is 81.6 Å². The van der Waals surface area contributed by atoms with Crippen LogP contribution in [0.4, 0.5) is 5.69 Å². The molecule has 8 heteroatoms. The molecule has 2 amide bonds. The van der Waals surface area contributed by atoms with Crippen molar-refractivity contribution in [1.29, 1.82) is 0 Å². The Labute approximate surface area is 254 Å². The van der Waals surface area contributed by atoms with E-state index in [1.54, 1.807) is 4.90 Å². The highest BCUT2D eigenvalue weighted by Gasteiger charge is 2.32. The van der Waals surface area contributed by atoms with Gasteiger partial charge >= 0.3 is 0 Å². The van der Waals surface area contributed by atoms with E-state index in [9.17, 15) is 9.59 Å². The molecular formula is C34H55N5O3. The molecule has 0 radical (unpaired) electrons. The number of carbonyl (C=O) groups excluding carboxylic acids is 2. The number of ether oxygens (including phenoxy) is 1. The number of carbonyl (C=O) groups is 2. The highest BCUT2D eigenvalue weighted by Crippen LogP contribution is 2.31. The summed E-state index contributed by atoms with van der Waals surface area (Å²) < 4.78 is 6.17. The third-order valence-corrected chi connectivity index (χ3v) is 6.71. The predicted molar refractivity (Wildman–Crippen MR) is 175 cm³/mol. The molecule has 0 aromatic heterocycles. The van der Waals surface area contributed by atoms with Crippen molar-refractivity contribution in [2.24, 2.45) is 16.3 Å². The molecular weight excluding hydrogens is 526 g/mol. The highest BCUT2D eigenvalue weighted by atomic mass is 16.5. The van der Waals surface area contributed by atoms with Gasteiger partial charge in [0.25, 0.3) is 5.91 Å². The average molecular weight is 582 g/mol. The number of nitrogens with zero attached hydrogens (tertiary/aromatic N) is 4. The maximum atomic E-state index is 13.9. The van der Waals surface area contributed by atoms with Crippen molar-refractivity contribution >= 4 is 23.3 Å². The maximum absolute atomic E-state index is 13.9. The number of amidine groups is 1. The van der Waals surface area contributed by atoms with E-state index < -0.39 is 0 Å². The van der Waals surface area contributed by atoms with Crippen molar-refractivity contribution in [2.45, 2.75) is 87.7 Å². The topological polar surface area (TPSA) is 77.5 Å². The van der Waals surface area contributed by atoms with E-state index in [2.05, 4.69) is 49.8 Å². The molecule has 0 spiro atoms. The van der Waals surface area contributed by atoms with Crippen LogP contribution in [-0.4, -0.2) is 73.8 Å². The third-order valence-electron chi connectivity index (χ3n) is 6.71. The van der Waals surface area contributed by atoms with E-state index in [-0.39, 0.29) is 23.8 Å². The molecule has 1 aromatic rings. The Morgan fingerprint density at radius 2 is 1.83 bits per heavy atom. The van der Waals surface area contributed by atoms with Crippen molar-refractivity contribution in [3.8, 4) is 5.75 Å². The van der Waals surface area contributed by atoms with Gasteiger partial charge in [-0.1, -0.05) is 46.3 Å². The van der Waals surface area contributed by atoms with Crippen molar-refractivity contribution in [2.75, 3.05) is 45.2 Å². The molecule has 1 fully saturated rings. The molecule has 234 valence electrons. The summed E-state index contributed by atoms with van der Waals surface area (Å²) in [5.74, 6) is 2.54. The molecule has 1 saturated carbocycles. The van der Waals surface area contributed by atoms with Gasteiger partial charge in [-0.15, -0.1) is 0 Å². The summed E-state index contributed by atoms with van der Waals surface area (Å²) in [4.78, 5) is 36.4. The van der Waals surface area contributed by atoms with Crippen molar-refractivity contribution in [3.63, 3.8) is 0 Å². The fraction of sp³-hybridized carbons (Fsp3) is 0.618. The largest absolute Gasteiger partial charge is 0.489 e. The molecule has 1 heterocycles. The predicted octanol–water partition coefficient (Wildman–Crippen LogP) is 6.25. The van der Waals surface area contributed by atoms with Gasteiger partial charge in [-0.3, -0.25) is 14.6 Å². The van der Waals surface area contributed by atoms with Gasteiger partial charge in [0.2, 0.25) is 5.91 Å². The first-order valence-electron chi connectivity index (χ1n) is 15.4. The van der Waals surface area contributed by atoms with Crippen LogP contribution in [0.3, 0.4) is 0 Å². The number of amides is 2. The van der Waals surface area contributed by atoms with Crippen LogP contribution in [0.2, 0.25) is 0 Å². The Bertz CT molecular complexity index is 1150. The number of nitrogens with one attached hydrogen (secondary N) is 1.